The lowest BCUT2D eigenvalue weighted by Crippen LogP contribution is -2.32. The molecule has 0 spiro atoms. The van der Waals surface area contributed by atoms with Crippen LogP contribution in [0.3, 0.4) is 0 Å². The van der Waals surface area contributed by atoms with Crippen molar-refractivity contribution in [1.29, 1.82) is 0 Å². The Balaban J connectivity index is 1.99. The third-order valence-corrected chi connectivity index (χ3v) is 4.06. The molecule has 2 unspecified atom stereocenters. The highest BCUT2D eigenvalue weighted by Crippen LogP contribution is 2.15. The third kappa shape index (κ3) is 9.91. The van der Waals surface area contributed by atoms with Gasteiger partial charge in [-0.05, 0) is 31.4 Å². The Bertz CT molecular complexity index is 359. The van der Waals surface area contributed by atoms with Crippen LogP contribution in [0.25, 0.3) is 0 Å². The van der Waals surface area contributed by atoms with Gasteiger partial charge in [-0.3, -0.25) is 0 Å². The summed E-state index contributed by atoms with van der Waals surface area (Å²) in [5.74, 6) is 1.63. The summed E-state index contributed by atoms with van der Waals surface area (Å²) in [7, 11) is 0. The minimum Gasteiger partial charge on any atom is -0.389 e. The molecule has 0 aromatic heterocycles. The van der Waals surface area contributed by atoms with Gasteiger partial charge in [-0.1, -0.05) is 32.0 Å². The van der Waals surface area contributed by atoms with Crippen LogP contribution in [0.15, 0.2) is 35.2 Å². The quantitative estimate of drug-likeness (QED) is 0.486. The van der Waals surface area contributed by atoms with Gasteiger partial charge in [0.25, 0.3) is 0 Å². The summed E-state index contributed by atoms with van der Waals surface area (Å²) in [6.07, 6.45) is 0.822. The molecule has 0 aliphatic carbocycles. The van der Waals surface area contributed by atoms with Gasteiger partial charge >= 0.3 is 0 Å². The molecule has 2 N–H and O–H groups in total. The Kier molecular flexibility index (Phi) is 9.76. The van der Waals surface area contributed by atoms with E-state index in [9.17, 15) is 5.11 Å². The number of nitrogens with one attached hydrogen (secondary N) is 1. The molecule has 1 aromatic carbocycles. The van der Waals surface area contributed by atoms with Crippen molar-refractivity contribution in [3.8, 4) is 0 Å². The van der Waals surface area contributed by atoms with E-state index in [0.717, 1.165) is 18.7 Å². The fourth-order valence-electron chi connectivity index (χ4n) is 2.09. The van der Waals surface area contributed by atoms with Crippen molar-refractivity contribution in [3.63, 3.8) is 0 Å². The maximum absolute atomic E-state index is 9.85. The number of hydrogen-bond donors (Lipinski definition) is 2. The monoisotopic (exact) mass is 311 g/mol. The summed E-state index contributed by atoms with van der Waals surface area (Å²) in [6, 6.07) is 10.4. The molecule has 0 bridgehead atoms. The van der Waals surface area contributed by atoms with Gasteiger partial charge in [0.05, 0.1) is 18.8 Å². The van der Waals surface area contributed by atoms with Gasteiger partial charge in [0.15, 0.2) is 0 Å². The lowest BCUT2D eigenvalue weighted by molar-refractivity contribution is -0.00829. The first kappa shape index (κ1) is 18.5. The largest absolute Gasteiger partial charge is 0.389 e. The minimum atomic E-state index is -0.429. The fraction of sp³-hybridized carbons (Fsp3) is 0.647. The minimum absolute atomic E-state index is 0.216. The zero-order chi connectivity index (χ0) is 15.5. The molecule has 1 aromatic rings. The molecule has 0 aliphatic heterocycles. The van der Waals surface area contributed by atoms with Crippen LogP contribution in [0, 0.1) is 5.92 Å². The second-order valence-electron chi connectivity index (χ2n) is 5.79. The first-order valence-corrected chi connectivity index (χ1v) is 8.74. The van der Waals surface area contributed by atoms with E-state index in [2.05, 4.69) is 50.4 Å². The number of rotatable bonds is 11. The van der Waals surface area contributed by atoms with Crippen molar-refractivity contribution < 1.29 is 9.84 Å². The van der Waals surface area contributed by atoms with E-state index in [4.69, 9.17) is 4.74 Å². The fourth-order valence-corrected chi connectivity index (χ4v) is 2.92. The molecule has 3 nitrogen and oxygen atoms in total. The molecule has 1 rings (SSSR count). The van der Waals surface area contributed by atoms with Gasteiger partial charge < -0.3 is 15.2 Å². The Hall–Kier alpha value is -0.550. The number of thioether (sulfide) groups is 1. The highest BCUT2D eigenvalue weighted by Gasteiger charge is 2.09. The first-order valence-electron chi connectivity index (χ1n) is 7.76. The van der Waals surface area contributed by atoms with E-state index < -0.39 is 6.10 Å². The molecular formula is C17H29NO2S. The number of hydrogen-bond acceptors (Lipinski definition) is 4. The predicted molar refractivity (Wildman–Crippen MR) is 90.9 cm³/mol. The van der Waals surface area contributed by atoms with E-state index in [-0.39, 0.29) is 6.10 Å². The Labute approximate surface area is 133 Å². The van der Waals surface area contributed by atoms with Crippen LogP contribution in [0.1, 0.15) is 27.2 Å². The molecule has 0 aliphatic rings. The highest BCUT2D eigenvalue weighted by atomic mass is 32.2. The third-order valence-electron chi connectivity index (χ3n) is 3.05. The second-order valence-corrected chi connectivity index (χ2v) is 6.96. The molecule has 0 saturated heterocycles. The summed E-state index contributed by atoms with van der Waals surface area (Å²) in [5.41, 5.74) is 0. The van der Waals surface area contributed by atoms with Gasteiger partial charge in [0, 0.05) is 23.7 Å². The van der Waals surface area contributed by atoms with Crippen molar-refractivity contribution in [3.05, 3.63) is 30.3 Å². The van der Waals surface area contributed by atoms with E-state index in [1.807, 2.05) is 17.8 Å². The zero-order valence-electron chi connectivity index (χ0n) is 13.4. The van der Waals surface area contributed by atoms with Crippen LogP contribution in [-0.4, -0.2) is 42.8 Å². The average molecular weight is 311 g/mol. The lowest BCUT2D eigenvalue weighted by Gasteiger charge is -2.18. The predicted octanol–water partition coefficient (Wildman–Crippen LogP) is 3.18. The molecule has 4 heteroatoms. The average Bonchev–Trinajstić information content (AvgIpc) is 2.45. The van der Waals surface area contributed by atoms with Crippen molar-refractivity contribution in [2.24, 2.45) is 5.92 Å². The van der Waals surface area contributed by atoms with Crippen LogP contribution in [0.4, 0.5) is 0 Å². The van der Waals surface area contributed by atoms with Crippen molar-refractivity contribution in [1.82, 2.24) is 5.32 Å². The Morgan fingerprint density at radius 2 is 1.90 bits per heavy atom. The van der Waals surface area contributed by atoms with E-state index in [0.29, 0.717) is 19.1 Å². The normalized spacial score (nSPS) is 14.3. The van der Waals surface area contributed by atoms with Gasteiger partial charge in [0.1, 0.15) is 0 Å². The summed E-state index contributed by atoms with van der Waals surface area (Å²) < 4.78 is 5.65. The van der Waals surface area contributed by atoms with E-state index in [1.165, 1.54) is 4.90 Å². The Morgan fingerprint density at radius 3 is 2.57 bits per heavy atom. The standard InChI is InChI=1S/C17H29NO2S/c1-14(2)11-15(3)20-13-16(19)12-18-9-10-21-17-7-5-4-6-8-17/h4-8,14-16,18-19H,9-13H2,1-3H3. The number of ether oxygens (including phenoxy) is 1. The molecule has 21 heavy (non-hydrogen) atoms. The lowest BCUT2D eigenvalue weighted by atomic mass is 10.1. The number of aliphatic hydroxyl groups is 1. The summed E-state index contributed by atoms with van der Waals surface area (Å²) in [5, 5.41) is 13.1. The van der Waals surface area contributed by atoms with Crippen molar-refractivity contribution in [2.45, 2.75) is 44.3 Å². The maximum Gasteiger partial charge on any atom is 0.0897 e. The SMILES string of the molecule is CC(C)CC(C)OCC(O)CNCCSc1ccccc1. The van der Waals surface area contributed by atoms with Gasteiger partial charge in [-0.15, -0.1) is 11.8 Å². The molecule has 120 valence electrons. The first-order chi connectivity index (χ1) is 10.1. The smallest absolute Gasteiger partial charge is 0.0897 e. The maximum atomic E-state index is 9.85. The summed E-state index contributed by atoms with van der Waals surface area (Å²) in [6.45, 7) is 8.32. The van der Waals surface area contributed by atoms with Gasteiger partial charge in [0.2, 0.25) is 0 Å². The summed E-state index contributed by atoms with van der Waals surface area (Å²) >= 11 is 1.82. The number of benzene rings is 1. The van der Waals surface area contributed by atoms with Crippen LogP contribution in [0.5, 0.6) is 0 Å². The number of aliphatic hydroxyl groups excluding tert-OH is 1. The van der Waals surface area contributed by atoms with Gasteiger partial charge in [-0.25, -0.2) is 0 Å². The van der Waals surface area contributed by atoms with Crippen LogP contribution >= 0.6 is 11.8 Å². The van der Waals surface area contributed by atoms with E-state index >= 15 is 0 Å². The molecule has 0 heterocycles. The highest BCUT2D eigenvalue weighted by molar-refractivity contribution is 7.99. The van der Waals surface area contributed by atoms with Crippen molar-refractivity contribution in [2.75, 3.05) is 25.4 Å². The summed E-state index contributed by atoms with van der Waals surface area (Å²) in [4.78, 5) is 1.28. The topological polar surface area (TPSA) is 41.5 Å². The molecule has 2 atom stereocenters. The van der Waals surface area contributed by atoms with E-state index in [1.54, 1.807) is 0 Å². The zero-order valence-corrected chi connectivity index (χ0v) is 14.2. The molecule has 0 saturated carbocycles. The molecule has 0 radical (unpaired) electrons. The second kappa shape index (κ2) is 11.1. The van der Waals surface area contributed by atoms with Crippen LogP contribution in [0.2, 0.25) is 0 Å². The van der Waals surface area contributed by atoms with Crippen LogP contribution < -0.4 is 5.32 Å². The Morgan fingerprint density at radius 1 is 1.19 bits per heavy atom. The molecular weight excluding hydrogens is 282 g/mol. The molecule has 0 amide bonds. The van der Waals surface area contributed by atoms with Crippen LogP contribution in [-0.2, 0) is 4.74 Å². The van der Waals surface area contributed by atoms with Crippen molar-refractivity contribution >= 4 is 11.8 Å². The molecule has 0 fully saturated rings. The van der Waals surface area contributed by atoms with Gasteiger partial charge in [-0.2, -0.15) is 0 Å².